The lowest BCUT2D eigenvalue weighted by atomic mass is 10.2. The first-order valence-corrected chi connectivity index (χ1v) is 9.10. The molecule has 0 bridgehead atoms. The highest BCUT2D eigenvalue weighted by molar-refractivity contribution is 7.92. The largest absolute Gasteiger partial charge is 0.326 e. The number of aryl methyl sites for hydroxylation is 1. The summed E-state index contributed by atoms with van der Waals surface area (Å²) in [6, 6.07) is 16.3. The van der Waals surface area contributed by atoms with E-state index in [1.54, 1.807) is 30.3 Å². The number of rotatable bonds is 6. The Kier molecular flexibility index (Phi) is 5.39. The minimum absolute atomic E-state index is 0.0793. The predicted octanol–water partition coefficient (Wildman–Crippen LogP) is 2.79. The Morgan fingerprint density at radius 2 is 1.78 bits per heavy atom. The van der Waals surface area contributed by atoms with Gasteiger partial charge in [-0.3, -0.25) is 9.10 Å². The molecule has 0 aliphatic heterocycles. The first-order valence-electron chi connectivity index (χ1n) is 7.25. The van der Waals surface area contributed by atoms with Gasteiger partial charge in [0.2, 0.25) is 15.9 Å². The third-order valence-corrected chi connectivity index (χ3v) is 4.48. The summed E-state index contributed by atoms with van der Waals surface area (Å²) >= 11 is 0. The van der Waals surface area contributed by atoms with Gasteiger partial charge < -0.3 is 5.32 Å². The molecule has 5 nitrogen and oxygen atoms in total. The molecular weight excluding hydrogens is 312 g/mol. The van der Waals surface area contributed by atoms with Gasteiger partial charge in [0, 0.05) is 18.7 Å². The van der Waals surface area contributed by atoms with Crippen molar-refractivity contribution in [3.05, 3.63) is 60.2 Å². The molecule has 122 valence electrons. The number of nitrogens with zero attached hydrogens (tertiary/aromatic N) is 1. The maximum absolute atomic E-state index is 12.0. The number of carbonyl (C=O) groups is 1. The fraction of sp³-hybridized carbons (Fsp3) is 0.235. The lowest BCUT2D eigenvalue weighted by Crippen LogP contribution is -2.33. The van der Waals surface area contributed by atoms with Crippen molar-refractivity contribution in [1.29, 1.82) is 0 Å². The molecule has 0 heterocycles. The number of nitrogens with one attached hydrogen (secondary N) is 1. The highest BCUT2D eigenvalue weighted by atomic mass is 32.2. The lowest BCUT2D eigenvalue weighted by molar-refractivity contribution is -0.116. The third-order valence-electron chi connectivity index (χ3n) is 3.29. The van der Waals surface area contributed by atoms with E-state index in [1.807, 2.05) is 31.2 Å². The topological polar surface area (TPSA) is 66.5 Å². The van der Waals surface area contributed by atoms with Gasteiger partial charge in [-0.2, -0.15) is 0 Å². The first-order chi connectivity index (χ1) is 10.9. The number of para-hydroxylation sites is 1. The summed E-state index contributed by atoms with van der Waals surface area (Å²) in [5.41, 5.74) is 2.23. The fourth-order valence-electron chi connectivity index (χ4n) is 2.22. The second kappa shape index (κ2) is 7.28. The van der Waals surface area contributed by atoms with Crippen molar-refractivity contribution < 1.29 is 13.2 Å². The molecule has 1 amide bonds. The summed E-state index contributed by atoms with van der Waals surface area (Å²) in [6.07, 6.45) is 1.22. The van der Waals surface area contributed by atoms with Crippen molar-refractivity contribution in [1.82, 2.24) is 0 Å². The van der Waals surface area contributed by atoms with Crippen molar-refractivity contribution in [2.24, 2.45) is 0 Å². The minimum atomic E-state index is -3.45. The molecule has 0 aromatic heterocycles. The average Bonchev–Trinajstić information content (AvgIpc) is 2.47. The molecule has 2 aromatic rings. The number of benzene rings is 2. The van der Waals surface area contributed by atoms with E-state index < -0.39 is 10.0 Å². The molecular formula is C17H20N2O3S. The Morgan fingerprint density at radius 3 is 2.39 bits per heavy atom. The van der Waals surface area contributed by atoms with Gasteiger partial charge in [0.05, 0.1) is 11.9 Å². The van der Waals surface area contributed by atoms with Crippen LogP contribution in [0.25, 0.3) is 0 Å². The highest BCUT2D eigenvalue weighted by Crippen LogP contribution is 2.19. The zero-order chi connectivity index (χ0) is 16.9. The average molecular weight is 332 g/mol. The van der Waals surface area contributed by atoms with Crippen LogP contribution in [0.4, 0.5) is 11.4 Å². The van der Waals surface area contributed by atoms with Crippen LogP contribution >= 0.6 is 0 Å². The Morgan fingerprint density at radius 1 is 1.09 bits per heavy atom. The number of hydrogen-bond acceptors (Lipinski definition) is 3. The second-order valence-electron chi connectivity index (χ2n) is 5.34. The molecule has 0 saturated heterocycles. The Hall–Kier alpha value is -2.34. The van der Waals surface area contributed by atoms with Crippen LogP contribution in [0.15, 0.2) is 54.6 Å². The standard InChI is InChI=1S/C17H20N2O3S/c1-14-7-6-10-16(13-14)19(23(2,21)22)12-11-17(20)18-15-8-4-3-5-9-15/h3-10,13H,11-12H2,1-2H3,(H,18,20). The van der Waals surface area contributed by atoms with Crippen LogP contribution in [0.2, 0.25) is 0 Å². The quantitative estimate of drug-likeness (QED) is 0.884. The summed E-state index contributed by atoms with van der Waals surface area (Å²) in [4.78, 5) is 12.0. The summed E-state index contributed by atoms with van der Waals surface area (Å²) in [5.74, 6) is -0.225. The van der Waals surface area contributed by atoms with E-state index in [0.29, 0.717) is 11.4 Å². The van der Waals surface area contributed by atoms with Gasteiger partial charge in [-0.25, -0.2) is 8.42 Å². The van der Waals surface area contributed by atoms with Crippen LogP contribution in [-0.4, -0.2) is 27.1 Å². The Labute approximate surface area is 137 Å². The van der Waals surface area contributed by atoms with Crippen molar-refractivity contribution in [2.45, 2.75) is 13.3 Å². The van der Waals surface area contributed by atoms with Crippen LogP contribution in [0.3, 0.4) is 0 Å². The zero-order valence-corrected chi connectivity index (χ0v) is 14.0. The van der Waals surface area contributed by atoms with Crippen molar-refractivity contribution in [3.8, 4) is 0 Å². The van der Waals surface area contributed by atoms with E-state index >= 15 is 0 Å². The Bertz CT molecular complexity index is 773. The van der Waals surface area contributed by atoms with Gasteiger partial charge in [0.15, 0.2) is 0 Å². The Balaban J connectivity index is 2.06. The van der Waals surface area contributed by atoms with Crippen LogP contribution in [0.5, 0.6) is 0 Å². The molecule has 0 aliphatic rings. The molecule has 2 aromatic carbocycles. The number of sulfonamides is 1. The molecule has 0 aliphatic carbocycles. The summed E-state index contributed by atoms with van der Waals surface area (Å²) in [5, 5.41) is 2.75. The molecule has 0 saturated carbocycles. The maximum Gasteiger partial charge on any atom is 0.232 e. The monoisotopic (exact) mass is 332 g/mol. The maximum atomic E-state index is 12.0. The molecule has 0 atom stereocenters. The SMILES string of the molecule is Cc1cccc(N(CCC(=O)Nc2ccccc2)S(C)(=O)=O)c1. The predicted molar refractivity (Wildman–Crippen MR) is 93.1 cm³/mol. The van der Waals surface area contributed by atoms with Crippen LogP contribution in [0.1, 0.15) is 12.0 Å². The van der Waals surface area contributed by atoms with Gasteiger partial charge in [0.25, 0.3) is 0 Å². The van der Waals surface area contributed by atoms with Gasteiger partial charge in [-0.1, -0.05) is 30.3 Å². The van der Waals surface area contributed by atoms with Crippen LogP contribution in [0, 0.1) is 6.92 Å². The highest BCUT2D eigenvalue weighted by Gasteiger charge is 2.18. The molecule has 0 spiro atoms. The van der Waals surface area contributed by atoms with Crippen molar-refractivity contribution in [3.63, 3.8) is 0 Å². The third kappa shape index (κ3) is 5.10. The van der Waals surface area contributed by atoms with Crippen molar-refractivity contribution >= 4 is 27.3 Å². The molecule has 6 heteroatoms. The number of amides is 1. The molecule has 0 unspecified atom stereocenters. The fourth-order valence-corrected chi connectivity index (χ4v) is 3.14. The molecule has 1 N–H and O–H groups in total. The summed E-state index contributed by atoms with van der Waals surface area (Å²) in [7, 11) is -3.45. The first kappa shape index (κ1) is 17.0. The normalized spacial score (nSPS) is 11.0. The van der Waals surface area contributed by atoms with Crippen LogP contribution in [-0.2, 0) is 14.8 Å². The number of carbonyl (C=O) groups excluding carboxylic acids is 1. The van der Waals surface area contributed by atoms with E-state index in [-0.39, 0.29) is 18.9 Å². The lowest BCUT2D eigenvalue weighted by Gasteiger charge is -2.22. The summed E-state index contributed by atoms with van der Waals surface area (Å²) < 4.78 is 25.3. The molecule has 23 heavy (non-hydrogen) atoms. The van der Waals surface area contributed by atoms with Gasteiger partial charge in [0.1, 0.15) is 0 Å². The van der Waals surface area contributed by atoms with E-state index in [4.69, 9.17) is 0 Å². The number of anilines is 2. The minimum Gasteiger partial charge on any atom is -0.326 e. The van der Waals surface area contributed by atoms with Crippen LogP contribution < -0.4 is 9.62 Å². The van der Waals surface area contributed by atoms with E-state index in [1.165, 1.54) is 4.31 Å². The second-order valence-corrected chi connectivity index (χ2v) is 7.25. The molecule has 0 fully saturated rings. The zero-order valence-electron chi connectivity index (χ0n) is 13.2. The van der Waals surface area contributed by atoms with Gasteiger partial charge in [-0.05, 0) is 36.8 Å². The van der Waals surface area contributed by atoms with Crippen molar-refractivity contribution in [2.75, 3.05) is 22.4 Å². The molecule has 2 rings (SSSR count). The van der Waals surface area contributed by atoms with E-state index in [9.17, 15) is 13.2 Å². The smallest absolute Gasteiger partial charge is 0.232 e. The van der Waals surface area contributed by atoms with E-state index in [0.717, 1.165) is 11.8 Å². The molecule has 0 radical (unpaired) electrons. The summed E-state index contributed by atoms with van der Waals surface area (Å²) in [6.45, 7) is 1.99. The van der Waals surface area contributed by atoms with E-state index in [2.05, 4.69) is 5.32 Å². The number of hydrogen-bond donors (Lipinski definition) is 1. The van der Waals surface area contributed by atoms with Gasteiger partial charge in [-0.15, -0.1) is 0 Å². The van der Waals surface area contributed by atoms with Gasteiger partial charge >= 0.3 is 0 Å².